The van der Waals surface area contributed by atoms with Crippen LogP contribution in [0.3, 0.4) is 0 Å². The van der Waals surface area contributed by atoms with Crippen LogP contribution in [0.2, 0.25) is 0 Å². The lowest BCUT2D eigenvalue weighted by Gasteiger charge is -2.13. The van der Waals surface area contributed by atoms with Crippen molar-refractivity contribution in [2.45, 2.75) is 26.7 Å². The van der Waals surface area contributed by atoms with Gasteiger partial charge in [0.05, 0.1) is 7.11 Å². The van der Waals surface area contributed by atoms with Crippen molar-refractivity contribution in [3.05, 3.63) is 58.7 Å². The van der Waals surface area contributed by atoms with Crippen LogP contribution >= 0.6 is 0 Å². The topological polar surface area (TPSA) is 65.9 Å². The number of ether oxygens (including phenoxy) is 1. The lowest BCUT2D eigenvalue weighted by Crippen LogP contribution is -2.39. The molecule has 0 spiro atoms. The Kier molecular flexibility index (Phi) is 7.33. The van der Waals surface area contributed by atoms with Crippen molar-refractivity contribution in [2.75, 3.05) is 27.2 Å². The smallest absolute Gasteiger partial charge is 0.190 e. The average molecular weight is 355 g/mol. The molecule has 0 heterocycles. The summed E-state index contributed by atoms with van der Waals surface area (Å²) in [6, 6.07) is 12.0. The summed E-state index contributed by atoms with van der Waals surface area (Å²) < 4.78 is 5.10. The fourth-order valence-electron chi connectivity index (χ4n) is 2.96. The summed E-state index contributed by atoms with van der Waals surface area (Å²) in [5.74, 6) is 1.68. The third-order valence-corrected chi connectivity index (χ3v) is 4.19. The van der Waals surface area contributed by atoms with Crippen molar-refractivity contribution >= 4 is 5.96 Å². The van der Waals surface area contributed by atoms with Crippen molar-refractivity contribution < 1.29 is 9.84 Å². The molecule has 0 unspecified atom stereocenters. The summed E-state index contributed by atoms with van der Waals surface area (Å²) in [4.78, 5) is 4.25. The van der Waals surface area contributed by atoms with Crippen LogP contribution in [0.15, 0.2) is 41.4 Å². The Hall–Kier alpha value is -2.69. The highest BCUT2D eigenvalue weighted by molar-refractivity contribution is 5.79. The molecule has 0 bridgehead atoms. The molecule has 0 radical (unpaired) electrons. The van der Waals surface area contributed by atoms with Crippen LogP contribution < -0.4 is 15.4 Å². The summed E-state index contributed by atoms with van der Waals surface area (Å²) in [6.45, 7) is 5.75. The predicted octanol–water partition coefficient (Wildman–Crippen LogP) is 2.97. The normalized spacial score (nSPS) is 11.3. The Bertz CT molecular complexity index is 737. The minimum Gasteiger partial charge on any atom is -0.508 e. The van der Waals surface area contributed by atoms with Crippen molar-refractivity contribution in [3.63, 3.8) is 0 Å². The van der Waals surface area contributed by atoms with Gasteiger partial charge in [0.25, 0.3) is 0 Å². The third-order valence-electron chi connectivity index (χ3n) is 4.19. The van der Waals surface area contributed by atoms with E-state index in [0.29, 0.717) is 18.7 Å². The number of guanidine groups is 1. The van der Waals surface area contributed by atoms with E-state index in [-0.39, 0.29) is 5.75 Å². The maximum atomic E-state index is 10.0. The number of methoxy groups -OCH3 is 1. The van der Waals surface area contributed by atoms with E-state index in [9.17, 15) is 5.11 Å². The van der Waals surface area contributed by atoms with Crippen LogP contribution in [-0.2, 0) is 12.8 Å². The molecule has 2 aromatic carbocycles. The number of aromatic hydroxyl groups is 1. The lowest BCUT2D eigenvalue weighted by molar-refractivity contribution is 0.406. The Morgan fingerprint density at radius 1 is 1.00 bits per heavy atom. The van der Waals surface area contributed by atoms with Crippen molar-refractivity contribution in [1.29, 1.82) is 0 Å². The van der Waals surface area contributed by atoms with Crippen molar-refractivity contribution in [2.24, 2.45) is 4.99 Å². The molecule has 0 amide bonds. The molecule has 0 atom stereocenters. The number of rotatable bonds is 7. The molecule has 2 rings (SSSR count). The quantitative estimate of drug-likeness (QED) is 0.528. The summed E-state index contributed by atoms with van der Waals surface area (Å²) in [5, 5.41) is 16.6. The van der Waals surface area contributed by atoms with Crippen molar-refractivity contribution in [1.82, 2.24) is 10.6 Å². The maximum Gasteiger partial charge on any atom is 0.190 e. The maximum absolute atomic E-state index is 10.0. The number of nitrogens with zero attached hydrogens (tertiary/aromatic N) is 1. The van der Waals surface area contributed by atoms with Gasteiger partial charge in [-0.2, -0.15) is 0 Å². The largest absolute Gasteiger partial charge is 0.508 e. The second-order valence-electron chi connectivity index (χ2n) is 6.42. The molecular formula is C21H29N3O2. The SMILES string of the molecule is CN=C(NCCc1cc(C)cc(C)c1)NCCc1ccc(OC)cc1O. The second-order valence-corrected chi connectivity index (χ2v) is 6.42. The van der Waals surface area contributed by atoms with Gasteiger partial charge in [-0.1, -0.05) is 35.4 Å². The van der Waals surface area contributed by atoms with E-state index in [4.69, 9.17) is 4.74 Å². The molecule has 3 N–H and O–H groups in total. The van der Waals surface area contributed by atoms with Gasteiger partial charge in [0.15, 0.2) is 5.96 Å². The number of hydrogen-bond acceptors (Lipinski definition) is 3. The molecule has 0 saturated heterocycles. The molecule has 26 heavy (non-hydrogen) atoms. The van der Waals surface area contributed by atoms with Gasteiger partial charge in [0, 0.05) is 26.2 Å². The van der Waals surface area contributed by atoms with Gasteiger partial charge in [-0.05, 0) is 43.9 Å². The minimum atomic E-state index is 0.254. The monoisotopic (exact) mass is 355 g/mol. The van der Waals surface area contributed by atoms with E-state index in [1.807, 2.05) is 12.1 Å². The molecule has 0 aliphatic heterocycles. The fraction of sp³-hybridized carbons (Fsp3) is 0.381. The average Bonchev–Trinajstić information content (AvgIpc) is 2.60. The Balaban J connectivity index is 1.77. The van der Waals surface area contributed by atoms with Crippen molar-refractivity contribution in [3.8, 4) is 11.5 Å². The van der Waals surface area contributed by atoms with Crippen LogP contribution in [0, 0.1) is 13.8 Å². The Labute approximate surface area is 156 Å². The van der Waals surface area contributed by atoms with E-state index in [1.165, 1.54) is 16.7 Å². The van der Waals surface area contributed by atoms with Gasteiger partial charge in [0.1, 0.15) is 11.5 Å². The van der Waals surface area contributed by atoms with Crippen LogP contribution in [-0.4, -0.2) is 38.3 Å². The van der Waals surface area contributed by atoms with E-state index in [0.717, 1.165) is 24.5 Å². The molecule has 0 saturated carbocycles. The van der Waals surface area contributed by atoms with Crippen LogP contribution in [0.5, 0.6) is 11.5 Å². The zero-order valence-corrected chi connectivity index (χ0v) is 16.1. The number of hydrogen-bond donors (Lipinski definition) is 3. The molecule has 0 aliphatic rings. The van der Waals surface area contributed by atoms with Crippen LogP contribution in [0.25, 0.3) is 0 Å². The number of nitrogens with one attached hydrogen (secondary N) is 2. The first-order chi connectivity index (χ1) is 12.5. The molecule has 0 aliphatic carbocycles. The van der Waals surface area contributed by atoms with Gasteiger partial charge in [0.2, 0.25) is 0 Å². The first-order valence-electron chi connectivity index (χ1n) is 8.89. The number of phenols is 1. The van der Waals surface area contributed by atoms with E-state index < -0.39 is 0 Å². The van der Waals surface area contributed by atoms with Gasteiger partial charge in [-0.25, -0.2) is 0 Å². The first-order valence-corrected chi connectivity index (χ1v) is 8.89. The molecule has 5 heteroatoms. The number of phenolic OH excluding ortho intramolecular Hbond substituents is 1. The number of benzene rings is 2. The molecular weight excluding hydrogens is 326 g/mol. The highest BCUT2D eigenvalue weighted by Gasteiger charge is 2.04. The minimum absolute atomic E-state index is 0.254. The molecule has 0 aromatic heterocycles. The molecule has 0 fully saturated rings. The van der Waals surface area contributed by atoms with E-state index in [1.54, 1.807) is 20.2 Å². The lowest BCUT2D eigenvalue weighted by atomic mass is 10.1. The number of aryl methyl sites for hydroxylation is 2. The van der Waals surface area contributed by atoms with E-state index >= 15 is 0 Å². The second kappa shape index (κ2) is 9.70. The summed E-state index contributed by atoms with van der Waals surface area (Å²) in [5.41, 5.74) is 4.79. The van der Waals surface area contributed by atoms with Crippen LogP contribution in [0.4, 0.5) is 0 Å². The van der Waals surface area contributed by atoms with Gasteiger partial charge >= 0.3 is 0 Å². The number of aliphatic imine (C=N–C) groups is 1. The summed E-state index contributed by atoms with van der Waals surface area (Å²) in [6.07, 6.45) is 1.65. The van der Waals surface area contributed by atoms with Gasteiger partial charge in [-0.15, -0.1) is 0 Å². The summed E-state index contributed by atoms with van der Waals surface area (Å²) in [7, 11) is 3.35. The zero-order chi connectivity index (χ0) is 18.9. The predicted molar refractivity (Wildman–Crippen MR) is 107 cm³/mol. The van der Waals surface area contributed by atoms with Gasteiger partial charge < -0.3 is 20.5 Å². The van der Waals surface area contributed by atoms with Gasteiger partial charge in [-0.3, -0.25) is 4.99 Å². The molecule has 5 nitrogen and oxygen atoms in total. The summed E-state index contributed by atoms with van der Waals surface area (Å²) >= 11 is 0. The first kappa shape index (κ1) is 19.6. The highest BCUT2D eigenvalue weighted by atomic mass is 16.5. The zero-order valence-electron chi connectivity index (χ0n) is 16.1. The Morgan fingerprint density at radius 3 is 2.23 bits per heavy atom. The van der Waals surface area contributed by atoms with E-state index in [2.05, 4.69) is 47.7 Å². The molecule has 140 valence electrons. The standard InChI is InChI=1S/C21H29N3O2/c1-15-11-16(2)13-17(12-15)7-9-23-21(22-3)24-10-8-18-5-6-19(26-4)14-20(18)25/h5-6,11-14,25H,7-10H2,1-4H3,(H2,22,23,24). The fourth-order valence-corrected chi connectivity index (χ4v) is 2.96. The van der Waals surface area contributed by atoms with Crippen LogP contribution in [0.1, 0.15) is 22.3 Å². The Morgan fingerprint density at radius 2 is 1.65 bits per heavy atom. The molecule has 2 aromatic rings. The highest BCUT2D eigenvalue weighted by Crippen LogP contribution is 2.23. The third kappa shape index (κ3) is 5.99.